The van der Waals surface area contributed by atoms with E-state index >= 15 is 0 Å². The minimum absolute atomic E-state index is 0.210. The van der Waals surface area contributed by atoms with Crippen molar-refractivity contribution in [1.29, 1.82) is 0 Å². The third-order valence-corrected chi connectivity index (χ3v) is 4.08. The first kappa shape index (κ1) is 26.0. The van der Waals surface area contributed by atoms with Crippen LogP contribution in [0.3, 0.4) is 0 Å². The molecule has 0 aromatic heterocycles. The minimum Gasteiger partial charge on any atom is -0.461 e. The van der Waals surface area contributed by atoms with E-state index in [9.17, 15) is 9.59 Å². The van der Waals surface area contributed by atoms with Gasteiger partial charge in [0.25, 0.3) is 0 Å². The maximum atomic E-state index is 11.8. The highest BCUT2D eigenvalue weighted by Gasteiger charge is 2.16. The summed E-state index contributed by atoms with van der Waals surface area (Å²) in [4.78, 5) is 23.4. The van der Waals surface area contributed by atoms with Gasteiger partial charge in [0.2, 0.25) is 0 Å². The number of halogens is 1. The monoisotopic (exact) mass is 452 g/mol. The van der Waals surface area contributed by atoms with Crippen molar-refractivity contribution >= 4 is 35.6 Å². The lowest BCUT2D eigenvalue weighted by Crippen LogP contribution is -2.23. The van der Waals surface area contributed by atoms with Gasteiger partial charge in [-0.3, -0.25) is 9.59 Å². The lowest BCUT2D eigenvalue weighted by atomic mass is 10.0. The van der Waals surface area contributed by atoms with Gasteiger partial charge < -0.3 is 14.0 Å². The van der Waals surface area contributed by atoms with Gasteiger partial charge in [-0.15, -0.1) is 11.6 Å². The molecule has 0 saturated carbocycles. The summed E-state index contributed by atoms with van der Waals surface area (Å²) in [5.74, 6) is -0.595. The average molecular weight is 453 g/mol. The normalized spacial score (nSPS) is 10.6. The van der Waals surface area contributed by atoms with Crippen LogP contribution < -0.4 is 0 Å². The van der Waals surface area contributed by atoms with Crippen LogP contribution in [0.1, 0.15) is 45.6 Å². The van der Waals surface area contributed by atoms with Gasteiger partial charge in [-0.25, -0.2) is 0 Å². The Balaban J connectivity index is 0.00000103. The minimum atomic E-state index is -0.497. The van der Waals surface area contributed by atoms with Gasteiger partial charge in [-0.05, 0) is 43.9 Å². The van der Waals surface area contributed by atoms with Gasteiger partial charge >= 0.3 is 11.9 Å². The van der Waals surface area contributed by atoms with Gasteiger partial charge in [-0.2, -0.15) is 0 Å². The number of hydrogen-bond donors (Lipinski definition) is 1. The van der Waals surface area contributed by atoms with Crippen molar-refractivity contribution in [3.63, 3.8) is 0 Å². The molecule has 2 aromatic carbocycles. The van der Waals surface area contributed by atoms with Crippen LogP contribution in [0.4, 0.5) is 0 Å². The van der Waals surface area contributed by atoms with Gasteiger partial charge in [0.05, 0.1) is 5.21 Å². The zero-order valence-electron chi connectivity index (χ0n) is 17.6. The fourth-order valence-corrected chi connectivity index (χ4v) is 2.43. The van der Waals surface area contributed by atoms with E-state index in [0.717, 1.165) is 16.7 Å². The molecule has 0 aliphatic heterocycles. The number of rotatable bonds is 8. The topological polar surface area (TPSA) is 72.8 Å². The number of hydrogen-bond acceptors (Lipinski definition) is 6. The van der Waals surface area contributed by atoms with Gasteiger partial charge in [0.1, 0.15) is 12.2 Å². The second-order valence-electron chi connectivity index (χ2n) is 7.40. The van der Waals surface area contributed by atoms with E-state index in [2.05, 4.69) is 12.1 Å². The summed E-state index contributed by atoms with van der Waals surface area (Å²) < 4.78 is 18.1. The van der Waals surface area contributed by atoms with E-state index in [4.69, 9.17) is 25.6 Å². The molecule has 2 rings (SSSR count). The molecule has 0 heterocycles. The van der Waals surface area contributed by atoms with Crippen molar-refractivity contribution in [2.45, 2.75) is 52.2 Å². The summed E-state index contributed by atoms with van der Waals surface area (Å²) in [6, 6.07) is 18.0. The number of esters is 2. The van der Waals surface area contributed by atoms with Crippen molar-refractivity contribution in [1.82, 2.24) is 0 Å². The van der Waals surface area contributed by atoms with Crippen LogP contribution in [-0.2, 0) is 25.7 Å². The third kappa shape index (κ3) is 11.9. The number of carbonyl (C=O) groups excluding carboxylic acids is 2. The Morgan fingerprint density at radius 3 is 2.00 bits per heavy atom. The first-order valence-corrected chi connectivity index (χ1v) is 11.1. The molecular formula is C23H29ClO5S. The molecule has 1 N–H and O–H groups in total. The molecule has 0 radical (unpaired) electrons. The fourth-order valence-electron chi connectivity index (χ4n) is 2.43. The molecular weight excluding hydrogens is 424 g/mol. The predicted molar refractivity (Wildman–Crippen MR) is 122 cm³/mol. The Hall–Kier alpha value is -2.02. The molecule has 0 bridgehead atoms. The summed E-state index contributed by atoms with van der Waals surface area (Å²) in [7, 11) is 0. The number of carbonyl (C=O) groups is 2. The highest BCUT2D eigenvalue weighted by Crippen LogP contribution is 2.19. The van der Waals surface area contributed by atoms with Crippen LogP contribution in [0.5, 0.6) is 0 Å². The van der Waals surface area contributed by atoms with Crippen molar-refractivity contribution in [2.24, 2.45) is 0 Å². The summed E-state index contributed by atoms with van der Waals surface area (Å²) in [5.41, 5.74) is 2.71. The van der Waals surface area contributed by atoms with Crippen molar-refractivity contribution in [2.75, 3.05) is 5.21 Å². The van der Waals surface area contributed by atoms with E-state index in [-0.39, 0.29) is 36.6 Å². The lowest BCUT2D eigenvalue weighted by Gasteiger charge is -2.19. The van der Waals surface area contributed by atoms with Gasteiger partial charge in [-0.1, -0.05) is 54.6 Å². The van der Waals surface area contributed by atoms with Crippen molar-refractivity contribution < 1.29 is 23.6 Å². The molecule has 0 unspecified atom stereocenters. The largest absolute Gasteiger partial charge is 0.461 e. The Morgan fingerprint density at radius 1 is 0.933 bits per heavy atom. The number of ether oxygens (including phenoxy) is 2. The smallest absolute Gasteiger partial charge is 0.306 e. The number of alkyl halides is 1. The molecule has 7 heteroatoms. The van der Waals surface area contributed by atoms with E-state index in [1.54, 1.807) is 0 Å². The van der Waals surface area contributed by atoms with Gasteiger partial charge in [0.15, 0.2) is 0 Å². The first-order chi connectivity index (χ1) is 14.2. The van der Waals surface area contributed by atoms with Crippen molar-refractivity contribution in [3.05, 3.63) is 60.2 Å². The van der Waals surface area contributed by atoms with Crippen LogP contribution in [0, 0.1) is 0 Å². The molecule has 0 fully saturated rings. The molecule has 0 saturated heterocycles. The lowest BCUT2D eigenvalue weighted by molar-refractivity contribution is -0.155. The zero-order valence-corrected chi connectivity index (χ0v) is 19.2. The van der Waals surface area contributed by atoms with Crippen LogP contribution in [0.25, 0.3) is 11.1 Å². The molecule has 5 nitrogen and oxygen atoms in total. The van der Waals surface area contributed by atoms with E-state index in [1.807, 2.05) is 63.2 Å². The zero-order chi connectivity index (χ0) is 22.4. The Labute approximate surface area is 187 Å². The third-order valence-electron chi connectivity index (χ3n) is 3.69. The number of benzene rings is 2. The Kier molecular flexibility index (Phi) is 12.2. The second kappa shape index (κ2) is 14.1. The maximum Gasteiger partial charge on any atom is 0.306 e. The van der Waals surface area contributed by atoms with E-state index < -0.39 is 5.60 Å². The Bertz CT molecular complexity index is 755. The summed E-state index contributed by atoms with van der Waals surface area (Å²) in [6.07, 6.45) is 0.861. The van der Waals surface area contributed by atoms with Crippen molar-refractivity contribution in [3.8, 4) is 11.1 Å². The average Bonchev–Trinajstić information content (AvgIpc) is 2.72. The Morgan fingerprint density at radius 2 is 1.47 bits per heavy atom. The standard InChI is InChI=1S/C22H26O4.CH3ClOS/c1-22(2,3)26-21(24)11-7-10-20(23)25-16-17-12-14-19(15-13-17)18-8-5-4-6-9-18;2-1-4-3/h4-6,8-9,12-15H,7,10-11,16H2,1-3H3;3H,1H2. The molecule has 0 aliphatic rings. The first-order valence-electron chi connectivity index (χ1n) is 9.59. The predicted octanol–water partition coefficient (Wildman–Crippen LogP) is 6.30. The fraction of sp³-hybridized carbons (Fsp3) is 0.391. The SMILES string of the molecule is CC(C)(C)OC(=O)CCCC(=O)OCc1ccc(-c2ccccc2)cc1.OSCCl. The van der Waals surface area contributed by atoms with Crippen LogP contribution >= 0.6 is 23.6 Å². The molecule has 2 aromatic rings. The van der Waals surface area contributed by atoms with Gasteiger partial charge in [0, 0.05) is 24.9 Å². The van der Waals surface area contributed by atoms with E-state index in [1.165, 1.54) is 0 Å². The molecule has 0 aliphatic carbocycles. The molecule has 0 amide bonds. The maximum absolute atomic E-state index is 11.8. The highest BCUT2D eigenvalue weighted by atomic mass is 35.5. The van der Waals surface area contributed by atoms with Crippen LogP contribution in [-0.4, -0.2) is 27.3 Å². The molecule has 30 heavy (non-hydrogen) atoms. The quantitative estimate of drug-likeness (QED) is 0.288. The van der Waals surface area contributed by atoms with Crippen LogP contribution in [0.15, 0.2) is 54.6 Å². The molecule has 0 atom stereocenters. The second-order valence-corrected chi connectivity index (χ2v) is 8.53. The summed E-state index contributed by atoms with van der Waals surface area (Å²) in [5, 5.41) is 0.264. The summed E-state index contributed by atoms with van der Waals surface area (Å²) >= 11 is 5.52. The van der Waals surface area contributed by atoms with Crippen LogP contribution in [0.2, 0.25) is 0 Å². The molecule has 0 spiro atoms. The van der Waals surface area contributed by atoms with E-state index in [0.29, 0.717) is 18.5 Å². The summed E-state index contributed by atoms with van der Waals surface area (Å²) in [6.45, 7) is 5.70. The highest BCUT2D eigenvalue weighted by molar-refractivity contribution is 7.94. The molecule has 164 valence electrons.